The van der Waals surface area contributed by atoms with Gasteiger partial charge in [-0.25, -0.2) is 4.39 Å². The van der Waals surface area contributed by atoms with Gasteiger partial charge in [0.15, 0.2) is 0 Å². The van der Waals surface area contributed by atoms with Gasteiger partial charge in [0.1, 0.15) is 6.17 Å². The van der Waals surface area contributed by atoms with E-state index in [0.29, 0.717) is 12.8 Å². The van der Waals surface area contributed by atoms with Gasteiger partial charge < -0.3 is 0 Å². The average Bonchev–Trinajstić information content (AvgIpc) is 2.78. The van der Waals surface area contributed by atoms with E-state index in [4.69, 9.17) is 0 Å². The third-order valence-corrected chi connectivity index (χ3v) is 5.72. The van der Waals surface area contributed by atoms with Gasteiger partial charge >= 0.3 is 0 Å². The van der Waals surface area contributed by atoms with Gasteiger partial charge in [-0.1, -0.05) is 99.5 Å². The van der Waals surface area contributed by atoms with Crippen LogP contribution in [0.25, 0.3) is 22.3 Å². The zero-order valence-electron chi connectivity index (χ0n) is 17.8. The maximum absolute atomic E-state index is 13.9. The maximum Gasteiger partial charge on any atom is 0.100 e. The van der Waals surface area contributed by atoms with Crippen molar-refractivity contribution in [3.05, 3.63) is 83.9 Å². The number of halogens is 1. The summed E-state index contributed by atoms with van der Waals surface area (Å²) in [4.78, 5) is 0. The van der Waals surface area contributed by atoms with Crippen molar-refractivity contribution in [1.82, 2.24) is 0 Å². The minimum absolute atomic E-state index is 0.580. The van der Waals surface area contributed by atoms with E-state index >= 15 is 0 Å². The third-order valence-electron chi connectivity index (χ3n) is 5.72. The van der Waals surface area contributed by atoms with Crippen molar-refractivity contribution in [2.24, 2.45) is 0 Å². The summed E-state index contributed by atoms with van der Waals surface area (Å²) in [5, 5.41) is 0. The van der Waals surface area contributed by atoms with Gasteiger partial charge in [0.25, 0.3) is 0 Å². The molecule has 0 aromatic heterocycles. The van der Waals surface area contributed by atoms with Crippen LogP contribution in [0.3, 0.4) is 0 Å². The Morgan fingerprint density at radius 3 is 2.14 bits per heavy atom. The first-order valence-corrected chi connectivity index (χ1v) is 11.1. The molecule has 0 amide bonds. The Kier molecular flexibility index (Phi) is 8.04. The highest BCUT2D eigenvalue weighted by Gasteiger charge is 2.11. The molecule has 0 aliphatic rings. The molecule has 152 valence electrons. The van der Waals surface area contributed by atoms with Gasteiger partial charge in [-0.05, 0) is 65.5 Å². The van der Waals surface area contributed by atoms with Gasteiger partial charge in [0, 0.05) is 0 Å². The van der Waals surface area contributed by atoms with E-state index in [1.807, 2.05) is 13.0 Å². The molecule has 3 aromatic carbocycles. The molecule has 0 nitrogen and oxygen atoms in total. The largest absolute Gasteiger partial charge is 0.247 e. The fourth-order valence-corrected chi connectivity index (χ4v) is 3.84. The predicted octanol–water partition coefficient (Wildman–Crippen LogP) is 8.43. The number of alkyl halides is 1. The van der Waals surface area contributed by atoms with E-state index in [1.165, 1.54) is 52.6 Å². The van der Waals surface area contributed by atoms with Gasteiger partial charge in [-0.3, -0.25) is 0 Å². The number of hydrogen-bond acceptors (Lipinski definition) is 0. The topological polar surface area (TPSA) is 0 Å². The van der Waals surface area contributed by atoms with Crippen LogP contribution in [-0.2, 0) is 12.8 Å². The Morgan fingerprint density at radius 2 is 1.45 bits per heavy atom. The molecule has 0 saturated carbocycles. The Bertz CT molecular complexity index is 865. The van der Waals surface area contributed by atoms with Crippen molar-refractivity contribution in [1.29, 1.82) is 0 Å². The Labute approximate surface area is 175 Å². The van der Waals surface area contributed by atoms with Crippen LogP contribution in [0.2, 0.25) is 0 Å². The van der Waals surface area contributed by atoms with Gasteiger partial charge in [0.2, 0.25) is 0 Å². The van der Waals surface area contributed by atoms with Gasteiger partial charge in [-0.15, -0.1) is 0 Å². The quantitative estimate of drug-likeness (QED) is 0.306. The van der Waals surface area contributed by atoms with Crippen LogP contribution in [-0.4, -0.2) is 6.17 Å². The van der Waals surface area contributed by atoms with E-state index in [2.05, 4.69) is 73.7 Å². The zero-order chi connectivity index (χ0) is 20.5. The first-order chi connectivity index (χ1) is 14.2. The number of aryl methyl sites for hydroxylation is 2. The molecule has 1 atom stereocenters. The van der Waals surface area contributed by atoms with E-state index in [9.17, 15) is 4.39 Å². The summed E-state index contributed by atoms with van der Waals surface area (Å²) < 4.78 is 13.9. The summed E-state index contributed by atoms with van der Waals surface area (Å²) in [7, 11) is 0. The molecular weight excluding hydrogens is 355 g/mol. The molecule has 0 spiro atoms. The fourth-order valence-electron chi connectivity index (χ4n) is 3.84. The second-order valence-electron chi connectivity index (χ2n) is 7.94. The second kappa shape index (κ2) is 11.0. The average molecular weight is 389 g/mol. The van der Waals surface area contributed by atoms with Crippen LogP contribution in [0.4, 0.5) is 4.39 Å². The van der Waals surface area contributed by atoms with Crippen molar-refractivity contribution in [3.63, 3.8) is 0 Å². The summed E-state index contributed by atoms with van der Waals surface area (Å²) in [6.45, 7) is 4.16. The smallest absolute Gasteiger partial charge is 0.100 e. The van der Waals surface area contributed by atoms with Crippen molar-refractivity contribution in [2.75, 3.05) is 0 Å². The third kappa shape index (κ3) is 6.03. The second-order valence-corrected chi connectivity index (χ2v) is 7.94. The molecule has 0 N–H and O–H groups in total. The predicted molar refractivity (Wildman–Crippen MR) is 124 cm³/mol. The van der Waals surface area contributed by atoms with Crippen LogP contribution in [0, 0.1) is 0 Å². The number of rotatable bonds is 10. The molecule has 0 heterocycles. The van der Waals surface area contributed by atoms with Crippen LogP contribution in [0.1, 0.15) is 57.1 Å². The summed E-state index contributed by atoms with van der Waals surface area (Å²) in [6.07, 6.45) is 6.16. The lowest BCUT2D eigenvalue weighted by Gasteiger charge is -2.14. The standard InChI is InChI=1S/C28H33F/c1-3-5-7-10-22-13-15-23(16-14-22)25-18-20-28(24-11-8-6-9-12-24)26(21-25)17-19-27(29)4-2/h6,8-9,11-16,18,20-21,27H,3-5,7,10,17,19H2,1-2H3. The molecule has 0 bridgehead atoms. The van der Waals surface area contributed by atoms with Crippen molar-refractivity contribution in [2.45, 2.75) is 65.0 Å². The van der Waals surface area contributed by atoms with Crippen molar-refractivity contribution < 1.29 is 4.39 Å². The Balaban J connectivity index is 1.86. The monoisotopic (exact) mass is 388 g/mol. The van der Waals surface area contributed by atoms with E-state index in [-0.39, 0.29) is 0 Å². The highest BCUT2D eigenvalue weighted by Crippen LogP contribution is 2.30. The van der Waals surface area contributed by atoms with Crippen LogP contribution < -0.4 is 0 Å². The first kappa shape index (κ1) is 21.3. The molecule has 0 aliphatic heterocycles. The molecule has 1 unspecified atom stereocenters. The van der Waals surface area contributed by atoms with E-state index in [1.54, 1.807) is 0 Å². The minimum Gasteiger partial charge on any atom is -0.247 e. The summed E-state index contributed by atoms with van der Waals surface area (Å²) in [5.41, 5.74) is 7.51. The van der Waals surface area contributed by atoms with Crippen LogP contribution in [0.5, 0.6) is 0 Å². The molecule has 29 heavy (non-hydrogen) atoms. The highest BCUT2D eigenvalue weighted by molar-refractivity contribution is 5.74. The van der Waals surface area contributed by atoms with Crippen molar-refractivity contribution in [3.8, 4) is 22.3 Å². The van der Waals surface area contributed by atoms with Gasteiger partial charge in [-0.2, -0.15) is 0 Å². The Hall–Kier alpha value is -2.41. The van der Waals surface area contributed by atoms with Crippen LogP contribution >= 0.6 is 0 Å². The van der Waals surface area contributed by atoms with E-state index < -0.39 is 6.17 Å². The van der Waals surface area contributed by atoms with E-state index in [0.717, 1.165) is 12.8 Å². The normalized spacial score (nSPS) is 12.1. The zero-order valence-corrected chi connectivity index (χ0v) is 17.8. The SMILES string of the molecule is CCCCCc1ccc(-c2ccc(-c3ccccc3)c(CCC(F)CC)c2)cc1. The fraction of sp³-hybridized carbons (Fsp3) is 0.357. The summed E-state index contributed by atoms with van der Waals surface area (Å²) in [5.74, 6) is 0. The first-order valence-electron chi connectivity index (χ1n) is 11.1. The molecular formula is C28H33F. The highest BCUT2D eigenvalue weighted by atomic mass is 19.1. The molecule has 0 fully saturated rings. The molecule has 0 aliphatic carbocycles. The summed E-state index contributed by atoms with van der Waals surface area (Å²) >= 11 is 0. The lowest BCUT2D eigenvalue weighted by atomic mass is 9.91. The lowest BCUT2D eigenvalue weighted by molar-refractivity contribution is 0.306. The van der Waals surface area contributed by atoms with Gasteiger partial charge in [0.05, 0.1) is 0 Å². The Morgan fingerprint density at radius 1 is 0.724 bits per heavy atom. The molecule has 0 radical (unpaired) electrons. The lowest BCUT2D eigenvalue weighted by Crippen LogP contribution is -2.01. The minimum atomic E-state index is -0.732. The number of benzene rings is 3. The molecule has 3 aromatic rings. The summed E-state index contributed by atoms with van der Waals surface area (Å²) in [6, 6.07) is 26.1. The van der Waals surface area contributed by atoms with Crippen LogP contribution in [0.15, 0.2) is 72.8 Å². The number of hydrogen-bond donors (Lipinski definition) is 0. The molecule has 1 heteroatoms. The maximum atomic E-state index is 13.9. The van der Waals surface area contributed by atoms with Crippen molar-refractivity contribution >= 4 is 0 Å². The number of unbranched alkanes of at least 4 members (excludes halogenated alkanes) is 2. The molecule has 3 rings (SSSR count). The molecule has 0 saturated heterocycles.